The Hall–Kier alpha value is -1.91. The van der Waals surface area contributed by atoms with Crippen LogP contribution in [0.1, 0.15) is 58.5 Å². The SMILES string of the molecule is O=C1CCCc2[nH]c(=O)c(C(=O)N3CCCCC3)cc21. The zero-order chi connectivity index (χ0) is 14.1. The Morgan fingerprint density at radius 3 is 2.55 bits per heavy atom. The number of aromatic nitrogens is 1. The first-order valence-electron chi connectivity index (χ1n) is 7.25. The van der Waals surface area contributed by atoms with Crippen LogP contribution >= 0.6 is 0 Å². The third kappa shape index (κ3) is 2.28. The normalized spacial score (nSPS) is 18.8. The molecule has 1 amide bonds. The standard InChI is InChI=1S/C15H18N2O3/c18-13-6-4-5-12-10(13)9-11(14(19)16-12)15(20)17-7-2-1-3-8-17/h9H,1-8H2,(H,16,19). The fourth-order valence-corrected chi connectivity index (χ4v) is 3.00. The molecule has 0 bridgehead atoms. The van der Waals surface area contributed by atoms with Gasteiger partial charge in [-0.3, -0.25) is 14.4 Å². The number of aryl methyl sites for hydroxylation is 1. The van der Waals surface area contributed by atoms with Gasteiger partial charge < -0.3 is 9.88 Å². The number of carbonyl (C=O) groups is 2. The van der Waals surface area contributed by atoms with E-state index in [1.165, 1.54) is 6.07 Å². The molecular formula is C15H18N2O3. The van der Waals surface area contributed by atoms with Crippen LogP contribution in [-0.4, -0.2) is 34.7 Å². The zero-order valence-electron chi connectivity index (χ0n) is 11.4. The van der Waals surface area contributed by atoms with Gasteiger partial charge in [0.2, 0.25) is 0 Å². The number of pyridine rings is 1. The van der Waals surface area contributed by atoms with Gasteiger partial charge in [0, 0.05) is 30.8 Å². The monoisotopic (exact) mass is 274 g/mol. The number of likely N-dealkylation sites (tertiary alicyclic amines) is 1. The Bertz CT molecular complexity index is 612. The first-order valence-corrected chi connectivity index (χ1v) is 7.25. The number of ketones is 1. The first-order chi connectivity index (χ1) is 9.66. The number of rotatable bonds is 1. The molecule has 1 aromatic heterocycles. The van der Waals surface area contributed by atoms with Gasteiger partial charge in [0.25, 0.3) is 11.5 Å². The first kappa shape index (κ1) is 13.1. The molecule has 1 saturated heterocycles. The van der Waals surface area contributed by atoms with Crippen LogP contribution in [0.4, 0.5) is 0 Å². The fourth-order valence-electron chi connectivity index (χ4n) is 3.00. The number of nitrogens with zero attached hydrogens (tertiary/aromatic N) is 1. The van der Waals surface area contributed by atoms with E-state index in [2.05, 4.69) is 4.98 Å². The van der Waals surface area contributed by atoms with Crippen LogP contribution in [0.2, 0.25) is 0 Å². The van der Waals surface area contributed by atoms with Gasteiger partial charge in [0.1, 0.15) is 5.56 Å². The van der Waals surface area contributed by atoms with Crippen molar-refractivity contribution in [3.05, 3.63) is 33.2 Å². The average Bonchev–Trinajstić information content (AvgIpc) is 2.47. The van der Waals surface area contributed by atoms with Crippen molar-refractivity contribution in [1.29, 1.82) is 0 Å². The van der Waals surface area contributed by atoms with Gasteiger partial charge in [-0.15, -0.1) is 0 Å². The Balaban J connectivity index is 1.97. The molecule has 0 aromatic carbocycles. The minimum Gasteiger partial charge on any atom is -0.338 e. The predicted molar refractivity (Wildman–Crippen MR) is 74.1 cm³/mol. The van der Waals surface area contributed by atoms with Crippen LogP contribution in [0.5, 0.6) is 0 Å². The molecule has 0 saturated carbocycles. The van der Waals surface area contributed by atoms with E-state index in [-0.39, 0.29) is 22.8 Å². The molecule has 1 aliphatic carbocycles. The lowest BCUT2D eigenvalue weighted by Crippen LogP contribution is -2.39. The lowest BCUT2D eigenvalue weighted by Gasteiger charge is -2.26. The number of hydrogen-bond acceptors (Lipinski definition) is 3. The number of hydrogen-bond donors (Lipinski definition) is 1. The van der Waals surface area contributed by atoms with Crippen LogP contribution in [0.3, 0.4) is 0 Å². The number of amides is 1. The molecule has 1 aliphatic heterocycles. The lowest BCUT2D eigenvalue weighted by molar-refractivity contribution is 0.0722. The van der Waals surface area contributed by atoms with Crippen molar-refractivity contribution in [1.82, 2.24) is 9.88 Å². The summed E-state index contributed by atoms with van der Waals surface area (Å²) in [4.78, 5) is 40.8. The fraction of sp³-hybridized carbons (Fsp3) is 0.533. The largest absolute Gasteiger partial charge is 0.338 e. The van der Waals surface area contributed by atoms with E-state index in [4.69, 9.17) is 0 Å². The van der Waals surface area contributed by atoms with E-state index in [0.29, 0.717) is 37.2 Å². The zero-order valence-corrected chi connectivity index (χ0v) is 11.4. The van der Waals surface area contributed by atoms with E-state index in [1.54, 1.807) is 4.90 Å². The highest BCUT2D eigenvalue weighted by Crippen LogP contribution is 2.20. The summed E-state index contributed by atoms with van der Waals surface area (Å²) in [7, 11) is 0. The summed E-state index contributed by atoms with van der Waals surface area (Å²) < 4.78 is 0. The third-order valence-electron chi connectivity index (χ3n) is 4.13. The quantitative estimate of drug-likeness (QED) is 0.844. The molecule has 1 aromatic rings. The molecule has 1 fully saturated rings. The third-order valence-corrected chi connectivity index (χ3v) is 4.13. The molecule has 106 valence electrons. The Morgan fingerprint density at radius 2 is 1.80 bits per heavy atom. The van der Waals surface area contributed by atoms with E-state index in [1.807, 2.05) is 0 Å². The molecule has 5 heteroatoms. The highest BCUT2D eigenvalue weighted by atomic mass is 16.2. The predicted octanol–water partition coefficient (Wildman–Crippen LogP) is 1.52. The maximum atomic E-state index is 12.4. The van der Waals surface area contributed by atoms with Gasteiger partial charge in [-0.25, -0.2) is 0 Å². The number of Topliss-reactive ketones (excluding diaryl/α,β-unsaturated/α-hetero) is 1. The van der Waals surface area contributed by atoms with Crippen molar-refractivity contribution in [2.24, 2.45) is 0 Å². The molecular weight excluding hydrogens is 256 g/mol. The van der Waals surface area contributed by atoms with E-state index in [9.17, 15) is 14.4 Å². The average molecular weight is 274 g/mol. The Morgan fingerprint density at radius 1 is 1.05 bits per heavy atom. The van der Waals surface area contributed by atoms with E-state index in [0.717, 1.165) is 25.7 Å². The van der Waals surface area contributed by atoms with Crippen molar-refractivity contribution >= 4 is 11.7 Å². The van der Waals surface area contributed by atoms with Crippen molar-refractivity contribution in [2.75, 3.05) is 13.1 Å². The Labute approximate surface area is 117 Å². The molecule has 0 atom stereocenters. The summed E-state index contributed by atoms with van der Waals surface area (Å²) in [6, 6.07) is 1.51. The van der Waals surface area contributed by atoms with Gasteiger partial charge in [-0.1, -0.05) is 0 Å². The van der Waals surface area contributed by atoms with Crippen LogP contribution in [0, 0.1) is 0 Å². The van der Waals surface area contributed by atoms with Gasteiger partial charge in [-0.2, -0.15) is 0 Å². The molecule has 3 rings (SSSR count). The van der Waals surface area contributed by atoms with Gasteiger partial charge in [0.15, 0.2) is 5.78 Å². The maximum absolute atomic E-state index is 12.4. The second kappa shape index (κ2) is 5.23. The van der Waals surface area contributed by atoms with Crippen molar-refractivity contribution in [3.8, 4) is 0 Å². The van der Waals surface area contributed by atoms with Gasteiger partial charge in [-0.05, 0) is 38.2 Å². The second-order valence-corrected chi connectivity index (χ2v) is 5.53. The number of carbonyl (C=O) groups excluding carboxylic acids is 2. The number of H-pyrrole nitrogens is 1. The second-order valence-electron chi connectivity index (χ2n) is 5.53. The van der Waals surface area contributed by atoms with Crippen LogP contribution in [0.25, 0.3) is 0 Å². The van der Waals surface area contributed by atoms with Gasteiger partial charge >= 0.3 is 0 Å². The molecule has 2 heterocycles. The maximum Gasteiger partial charge on any atom is 0.261 e. The number of aromatic amines is 1. The van der Waals surface area contributed by atoms with Crippen molar-refractivity contribution in [2.45, 2.75) is 38.5 Å². The number of fused-ring (bicyclic) bond motifs is 1. The highest BCUT2D eigenvalue weighted by molar-refractivity contribution is 6.01. The summed E-state index contributed by atoms with van der Waals surface area (Å²) in [5.74, 6) is -0.220. The molecule has 0 unspecified atom stereocenters. The highest BCUT2D eigenvalue weighted by Gasteiger charge is 2.25. The molecule has 1 N–H and O–H groups in total. The summed E-state index contributed by atoms with van der Waals surface area (Å²) in [5.41, 5.74) is 0.951. The van der Waals surface area contributed by atoms with Crippen molar-refractivity contribution < 1.29 is 9.59 Å². The van der Waals surface area contributed by atoms with E-state index >= 15 is 0 Å². The topological polar surface area (TPSA) is 70.2 Å². The summed E-state index contributed by atoms with van der Waals surface area (Å²) >= 11 is 0. The summed E-state index contributed by atoms with van der Waals surface area (Å²) in [5, 5.41) is 0. The van der Waals surface area contributed by atoms with Crippen LogP contribution < -0.4 is 5.56 Å². The Kier molecular flexibility index (Phi) is 3.42. The lowest BCUT2D eigenvalue weighted by atomic mass is 9.93. The number of nitrogens with one attached hydrogen (secondary N) is 1. The molecule has 0 spiro atoms. The van der Waals surface area contributed by atoms with Crippen LogP contribution in [0.15, 0.2) is 10.9 Å². The van der Waals surface area contributed by atoms with Gasteiger partial charge in [0.05, 0.1) is 0 Å². The smallest absolute Gasteiger partial charge is 0.261 e. The molecule has 20 heavy (non-hydrogen) atoms. The minimum absolute atomic E-state index is 0.0233. The summed E-state index contributed by atoms with van der Waals surface area (Å²) in [6.45, 7) is 1.40. The van der Waals surface area contributed by atoms with Crippen molar-refractivity contribution in [3.63, 3.8) is 0 Å². The van der Waals surface area contributed by atoms with E-state index < -0.39 is 0 Å². The molecule has 0 radical (unpaired) electrons. The number of piperidine rings is 1. The van der Waals surface area contributed by atoms with Crippen LogP contribution in [-0.2, 0) is 6.42 Å². The summed E-state index contributed by atoms with van der Waals surface area (Å²) in [6.07, 6.45) is 5.05. The molecule has 2 aliphatic rings. The molecule has 5 nitrogen and oxygen atoms in total. The minimum atomic E-state index is -0.367.